The van der Waals surface area contributed by atoms with Crippen LogP contribution in [-0.2, 0) is 42.9 Å². The molecule has 9 nitrogen and oxygen atoms in total. The monoisotopic (exact) mass is 526 g/mol. The van der Waals surface area contributed by atoms with E-state index in [0.717, 1.165) is 0 Å². The van der Waals surface area contributed by atoms with Crippen LogP contribution in [0.4, 0.5) is 0 Å². The van der Waals surface area contributed by atoms with Crippen LogP contribution in [0.15, 0.2) is 11.6 Å². The van der Waals surface area contributed by atoms with Crippen LogP contribution < -0.4 is 0 Å². The number of fused-ring (bicyclic) bond motifs is 2. The summed E-state index contributed by atoms with van der Waals surface area (Å²) >= 11 is 0. The second-order valence-electron chi connectivity index (χ2n) is 13.9. The van der Waals surface area contributed by atoms with Gasteiger partial charge in [0.1, 0.15) is 35.3 Å². The van der Waals surface area contributed by atoms with Gasteiger partial charge >= 0.3 is 11.9 Å². The lowest BCUT2D eigenvalue weighted by Gasteiger charge is -2.49. The van der Waals surface area contributed by atoms with Gasteiger partial charge in [0.05, 0.1) is 17.9 Å². The maximum Gasteiger partial charge on any atom is 0.311 e. The zero-order chi connectivity index (χ0) is 26.8. The van der Waals surface area contributed by atoms with Crippen molar-refractivity contribution in [3.8, 4) is 0 Å². The van der Waals surface area contributed by atoms with Crippen molar-refractivity contribution >= 4 is 23.5 Å². The number of allylic oxidation sites excluding steroid dienone is 1. The first kappa shape index (κ1) is 23.8. The summed E-state index contributed by atoms with van der Waals surface area (Å²) in [5, 5.41) is 0. The summed E-state index contributed by atoms with van der Waals surface area (Å²) in [4.78, 5) is 53.9. The van der Waals surface area contributed by atoms with E-state index in [0.29, 0.717) is 24.8 Å². The zero-order valence-corrected chi connectivity index (χ0v) is 22.4. The van der Waals surface area contributed by atoms with E-state index in [-0.39, 0.29) is 48.2 Å². The number of hydrogen-bond donors (Lipinski definition) is 0. The lowest BCUT2D eigenvalue weighted by Crippen LogP contribution is -2.63. The molecule has 0 radical (unpaired) electrons. The fourth-order valence-electron chi connectivity index (χ4n) is 10.2. The minimum Gasteiger partial charge on any atom is -0.459 e. The summed E-state index contributed by atoms with van der Waals surface area (Å²) in [6, 6.07) is 0. The Bertz CT molecular complexity index is 1270. The molecular formula is C29H34O9. The Balaban J connectivity index is 1.32. The van der Waals surface area contributed by atoms with E-state index < -0.39 is 64.1 Å². The Morgan fingerprint density at radius 3 is 2.47 bits per heavy atom. The number of hydrogen-bond acceptors (Lipinski definition) is 9. The standard InChI is InChI=1S/C29H34O9/c1-12-18-20-19(13(2)24(33)34-20)37-29-21(18)26(5,22(12)31)8-9-27(38-29)11-28-15(7-6-14(27)23(29)32)25(3,4)35-16(28)10-17(30)36-28/h6,12-13,15-16,18-21H,7-11H2,1-5H3/t12-,13-,15-,16+,18+,19+,20+,21-,26-,27-,28+,29-/m0/s1. The van der Waals surface area contributed by atoms with Crippen molar-refractivity contribution in [1.29, 1.82) is 0 Å². The largest absolute Gasteiger partial charge is 0.459 e. The van der Waals surface area contributed by atoms with Gasteiger partial charge in [-0.15, -0.1) is 0 Å². The zero-order valence-electron chi connectivity index (χ0n) is 22.4. The van der Waals surface area contributed by atoms with Crippen LogP contribution >= 0.6 is 0 Å². The third-order valence-corrected chi connectivity index (χ3v) is 11.8. The van der Waals surface area contributed by atoms with Crippen molar-refractivity contribution in [3.05, 3.63) is 11.6 Å². The van der Waals surface area contributed by atoms with E-state index in [1.54, 1.807) is 6.92 Å². The Morgan fingerprint density at radius 2 is 1.71 bits per heavy atom. The van der Waals surface area contributed by atoms with E-state index in [9.17, 15) is 19.2 Å². The summed E-state index contributed by atoms with van der Waals surface area (Å²) in [7, 11) is 0. The number of esters is 2. The minimum atomic E-state index is -1.69. The average molecular weight is 527 g/mol. The van der Waals surface area contributed by atoms with Gasteiger partial charge in [-0.3, -0.25) is 19.2 Å². The van der Waals surface area contributed by atoms with Gasteiger partial charge in [-0.05, 0) is 40.0 Å². The highest BCUT2D eigenvalue weighted by Crippen LogP contribution is 2.70. The average Bonchev–Trinajstić information content (AvgIpc) is 3.42. The lowest BCUT2D eigenvalue weighted by molar-refractivity contribution is -0.329. The van der Waals surface area contributed by atoms with Crippen LogP contribution in [-0.4, -0.2) is 64.4 Å². The molecule has 0 unspecified atom stereocenters. The summed E-state index contributed by atoms with van der Waals surface area (Å²) in [6.07, 6.45) is 2.13. The molecule has 2 aliphatic carbocycles. The van der Waals surface area contributed by atoms with E-state index in [2.05, 4.69) is 0 Å². The molecule has 3 spiro atoms. The molecule has 204 valence electrons. The van der Waals surface area contributed by atoms with Crippen molar-refractivity contribution in [3.63, 3.8) is 0 Å². The van der Waals surface area contributed by atoms with Crippen LogP contribution in [0.2, 0.25) is 0 Å². The summed E-state index contributed by atoms with van der Waals surface area (Å²) in [5.41, 5.74) is -2.88. The molecule has 38 heavy (non-hydrogen) atoms. The maximum absolute atomic E-state index is 14.7. The van der Waals surface area contributed by atoms with E-state index in [1.165, 1.54) is 0 Å². The van der Waals surface area contributed by atoms with Crippen molar-refractivity contribution < 1.29 is 42.9 Å². The molecule has 0 amide bonds. The molecule has 6 heterocycles. The first-order valence-corrected chi connectivity index (χ1v) is 14.1. The Kier molecular flexibility index (Phi) is 4.13. The highest BCUT2D eigenvalue weighted by atomic mass is 16.7. The van der Waals surface area contributed by atoms with Crippen molar-refractivity contribution in [2.45, 2.75) is 108 Å². The molecule has 0 N–H and O–H groups in total. The first-order chi connectivity index (χ1) is 17.8. The van der Waals surface area contributed by atoms with Gasteiger partial charge in [-0.25, -0.2) is 0 Å². The van der Waals surface area contributed by atoms with E-state index in [1.807, 2.05) is 33.8 Å². The molecule has 0 aromatic rings. The summed E-state index contributed by atoms with van der Waals surface area (Å²) in [5.74, 6) is -4.62. The normalized spacial score (nSPS) is 57.1. The maximum atomic E-state index is 14.7. The number of ether oxygens (including phenoxy) is 5. The molecule has 8 aliphatic rings. The Labute approximate surface area is 220 Å². The second-order valence-corrected chi connectivity index (χ2v) is 13.9. The van der Waals surface area contributed by atoms with Gasteiger partial charge in [0.2, 0.25) is 11.6 Å². The molecule has 6 aliphatic heterocycles. The Morgan fingerprint density at radius 1 is 0.947 bits per heavy atom. The van der Waals surface area contributed by atoms with Crippen LogP contribution in [0.1, 0.15) is 66.7 Å². The topological polar surface area (TPSA) is 114 Å². The van der Waals surface area contributed by atoms with Gasteiger partial charge in [0.25, 0.3) is 0 Å². The number of Topliss-reactive ketones (excluding diaryl/α,β-unsaturated/α-hetero) is 2. The van der Waals surface area contributed by atoms with Crippen LogP contribution in [0, 0.1) is 35.0 Å². The molecule has 8 rings (SSSR count). The van der Waals surface area contributed by atoms with Crippen molar-refractivity contribution in [2.75, 3.05) is 0 Å². The van der Waals surface area contributed by atoms with Crippen LogP contribution in [0.5, 0.6) is 0 Å². The summed E-state index contributed by atoms with van der Waals surface area (Å²) < 4.78 is 32.1. The number of carbonyl (C=O) groups is 4. The molecule has 1 saturated carbocycles. The molecule has 0 aromatic carbocycles. The minimum absolute atomic E-state index is 0.0674. The molecule has 0 aromatic heterocycles. The fourth-order valence-corrected chi connectivity index (χ4v) is 10.2. The van der Waals surface area contributed by atoms with Gasteiger partial charge in [-0.1, -0.05) is 19.9 Å². The molecule has 2 bridgehead atoms. The van der Waals surface area contributed by atoms with Crippen molar-refractivity contribution in [1.82, 2.24) is 0 Å². The van der Waals surface area contributed by atoms with E-state index >= 15 is 0 Å². The SMILES string of the molecule is C[C@@H]1C(=O)O[C@H]2[C@@H]1O[C@]13O[C@@]4(CC[C@]5(C)C(=O)[C@@H](C)[C@H]2[C@H]15)C[C@]12OC(=O)C[C@H]1OC(C)(C)[C@@H]2CC=C4C3=O. The van der Waals surface area contributed by atoms with Crippen LogP contribution in [0.25, 0.3) is 0 Å². The fraction of sp³-hybridized carbons (Fsp3) is 0.793. The highest BCUT2D eigenvalue weighted by molar-refractivity contribution is 6.07. The predicted molar refractivity (Wildman–Crippen MR) is 127 cm³/mol. The lowest BCUT2D eigenvalue weighted by atomic mass is 9.62. The van der Waals surface area contributed by atoms with Crippen molar-refractivity contribution in [2.24, 2.45) is 35.0 Å². The third-order valence-electron chi connectivity index (χ3n) is 11.8. The highest BCUT2D eigenvalue weighted by Gasteiger charge is 2.81. The number of rotatable bonds is 0. The number of ketones is 2. The smallest absolute Gasteiger partial charge is 0.311 e. The number of carbonyl (C=O) groups excluding carboxylic acids is 4. The Hall–Kier alpha value is -2.10. The summed E-state index contributed by atoms with van der Waals surface area (Å²) in [6.45, 7) is 9.59. The molecular weight excluding hydrogens is 492 g/mol. The molecule has 9 heteroatoms. The van der Waals surface area contributed by atoms with Gasteiger partial charge in [-0.2, -0.15) is 0 Å². The third kappa shape index (κ3) is 2.35. The van der Waals surface area contributed by atoms with Gasteiger partial charge in [0.15, 0.2) is 0 Å². The van der Waals surface area contributed by atoms with E-state index in [4.69, 9.17) is 23.7 Å². The first-order valence-electron chi connectivity index (χ1n) is 14.1. The van der Waals surface area contributed by atoms with Gasteiger partial charge < -0.3 is 23.7 Å². The molecule has 7 fully saturated rings. The molecule has 6 saturated heterocycles. The van der Waals surface area contributed by atoms with Crippen LogP contribution in [0.3, 0.4) is 0 Å². The predicted octanol–water partition coefficient (Wildman–Crippen LogP) is 2.43. The second kappa shape index (κ2) is 6.61. The molecule has 12 atom stereocenters. The quantitative estimate of drug-likeness (QED) is 0.439. The van der Waals surface area contributed by atoms with Gasteiger partial charge in [0, 0.05) is 41.1 Å².